The first-order chi connectivity index (χ1) is 22.1. The van der Waals surface area contributed by atoms with Crippen molar-refractivity contribution in [3.8, 4) is 0 Å². The second kappa shape index (κ2) is 16.7. The lowest BCUT2D eigenvalue weighted by Crippen LogP contribution is -2.60. The molecule has 2 fully saturated rings. The van der Waals surface area contributed by atoms with Gasteiger partial charge in [0.1, 0.15) is 12.1 Å². The molecular formula is C37H59N5O5. The summed E-state index contributed by atoms with van der Waals surface area (Å²) in [6, 6.07) is 6.86. The number of hydrogen-bond donors (Lipinski definition) is 3. The number of likely N-dealkylation sites (N-methyl/N-ethyl adjacent to an activating group) is 1. The van der Waals surface area contributed by atoms with Crippen molar-refractivity contribution in [3.05, 3.63) is 47.5 Å². The number of aliphatic hydroxyl groups excluding tert-OH is 1. The number of piperidine rings is 1. The van der Waals surface area contributed by atoms with E-state index in [0.717, 1.165) is 31.4 Å². The molecule has 5 atom stereocenters. The van der Waals surface area contributed by atoms with Crippen LogP contribution in [0.2, 0.25) is 0 Å². The first-order valence-corrected chi connectivity index (χ1v) is 17.4. The summed E-state index contributed by atoms with van der Waals surface area (Å²) < 4.78 is 0. The number of nitrogens with one attached hydrogen (secondary N) is 2. The molecule has 10 heteroatoms. The predicted octanol–water partition coefficient (Wildman–Crippen LogP) is 4.05. The Labute approximate surface area is 282 Å². The van der Waals surface area contributed by atoms with E-state index in [0.29, 0.717) is 25.0 Å². The van der Waals surface area contributed by atoms with Crippen LogP contribution in [0.3, 0.4) is 0 Å². The summed E-state index contributed by atoms with van der Waals surface area (Å²) in [5, 5.41) is 16.0. The Morgan fingerprint density at radius 1 is 0.936 bits per heavy atom. The standard InChI is InChI=1S/C37H59N5O5/c1-24(2)31(40(9)36(47)32(37(6,7)8)39-34(45)29-18-13-14-20-41(29)25(3)4)22-26(5)35(46)42-21-15-19-30(42)33(44)38-28(23-43)27-16-11-10-12-17-27/h10-12,16-17,22,24-25,28-32,43H,13-15,18-21,23H2,1-9H3,(H,38,44)(H,39,45)/b26-22+/t28-,29-,30+,31-,32-/m1/s1. The average molecular weight is 654 g/mol. The van der Waals surface area contributed by atoms with Gasteiger partial charge in [0, 0.05) is 25.2 Å². The predicted molar refractivity (Wildman–Crippen MR) is 185 cm³/mol. The third-order valence-electron chi connectivity index (χ3n) is 9.66. The summed E-state index contributed by atoms with van der Waals surface area (Å²) in [6.45, 7) is 16.9. The fraction of sp³-hybridized carbons (Fsp3) is 0.676. The van der Waals surface area contributed by atoms with E-state index < -0.39 is 29.6 Å². The molecule has 0 radical (unpaired) electrons. The normalized spacial score (nSPS) is 21.4. The molecule has 3 rings (SSSR count). The number of nitrogens with zero attached hydrogens (tertiary/aromatic N) is 3. The van der Waals surface area contributed by atoms with Crippen LogP contribution in [-0.2, 0) is 19.2 Å². The minimum atomic E-state index is -0.752. The van der Waals surface area contributed by atoms with Gasteiger partial charge in [0.2, 0.25) is 23.6 Å². The number of amides is 4. The van der Waals surface area contributed by atoms with Crippen LogP contribution in [0.25, 0.3) is 0 Å². The fourth-order valence-electron chi connectivity index (χ4n) is 6.87. The lowest BCUT2D eigenvalue weighted by atomic mass is 9.84. The molecule has 0 spiro atoms. The number of likely N-dealkylation sites (tertiary alicyclic amines) is 2. The number of rotatable bonds is 12. The van der Waals surface area contributed by atoms with Crippen LogP contribution in [0.4, 0.5) is 0 Å². The van der Waals surface area contributed by atoms with E-state index in [1.54, 1.807) is 23.8 Å². The van der Waals surface area contributed by atoms with Gasteiger partial charge >= 0.3 is 0 Å². The minimum Gasteiger partial charge on any atom is -0.394 e. The maximum atomic E-state index is 14.2. The van der Waals surface area contributed by atoms with E-state index in [4.69, 9.17) is 0 Å². The van der Waals surface area contributed by atoms with Gasteiger partial charge in [-0.1, -0.05) is 77.4 Å². The number of benzene rings is 1. The SMILES string of the molecule is C/C(=C\[C@H](C(C)C)N(C)C(=O)[C@@H](NC(=O)[C@H]1CCCCN1C(C)C)C(C)(C)C)C(=O)N1CCC[C@H]1C(=O)N[C@H](CO)c1ccccc1. The molecule has 1 aromatic carbocycles. The lowest BCUT2D eigenvalue weighted by Gasteiger charge is -2.41. The molecule has 3 N–H and O–H groups in total. The summed E-state index contributed by atoms with van der Waals surface area (Å²) in [7, 11) is 1.73. The van der Waals surface area contributed by atoms with Gasteiger partial charge in [0.05, 0.1) is 24.7 Å². The highest BCUT2D eigenvalue weighted by atomic mass is 16.3. The quantitative estimate of drug-likeness (QED) is 0.293. The van der Waals surface area contributed by atoms with Gasteiger partial charge in [0.25, 0.3) is 0 Å². The third kappa shape index (κ3) is 9.66. The van der Waals surface area contributed by atoms with Crippen LogP contribution < -0.4 is 10.6 Å². The molecule has 0 saturated carbocycles. The number of aliphatic hydroxyl groups is 1. The summed E-state index contributed by atoms with van der Waals surface area (Å²) in [5.74, 6) is -0.885. The van der Waals surface area contributed by atoms with Crippen molar-refractivity contribution < 1.29 is 24.3 Å². The topological polar surface area (TPSA) is 122 Å². The van der Waals surface area contributed by atoms with Crippen LogP contribution in [-0.4, -0.2) is 100 Å². The summed E-state index contributed by atoms with van der Waals surface area (Å²) >= 11 is 0. The Balaban J connectivity index is 1.77. The fourth-order valence-corrected chi connectivity index (χ4v) is 6.87. The zero-order valence-corrected chi connectivity index (χ0v) is 30.1. The van der Waals surface area contributed by atoms with Crippen LogP contribution >= 0.6 is 0 Å². The van der Waals surface area contributed by atoms with Crippen molar-refractivity contribution in [3.63, 3.8) is 0 Å². The van der Waals surface area contributed by atoms with Gasteiger partial charge < -0.3 is 25.5 Å². The molecule has 262 valence electrons. The van der Waals surface area contributed by atoms with E-state index in [9.17, 15) is 24.3 Å². The highest BCUT2D eigenvalue weighted by molar-refractivity contribution is 5.97. The highest BCUT2D eigenvalue weighted by Gasteiger charge is 2.40. The maximum Gasteiger partial charge on any atom is 0.249 e. The van der Waals surface area contributed by atoms with Crippen LogP contribution in [0.1, 0.15) is 99.1 Å². The Kier molecular flexibility index (Phi) is 13.6. The van der Waals surface area contributed by atoms with E-state index in [1.807, 2.05) is 71.0 Å². The first-order valence-electron chi connectivity index (χ1n) is 17.4. The van der Waals surface area contributed by atoms with Gasteiger partial charge in [0.15, 0.2) is 0 Å². The summed E-state index contributed by atoms with van der Waals surface area (Å²) in [5.41, 5.74) is 0.705. The van der Waals surface area contributed by atoms with Crippen molar-refractivity contribution in [1.29, 1.82) is 0 Å². The molecule has 2 aliphatic heterocycles. The molecule has 0 bridgehead atoms. The van der Waals surface area contributed by atoms with Crippen molar-refractivity contribution in [1.82, 2.24) is 25.3 Å². The van der Waals surface area contributed by atoms with Gasteiger partial charge in [-0.3, -0.25) is 24.1 Å². The molecule has 4 amide bonds. The second-order valence-electron chi connectivity index (χ2n) is 15.0. The molecule has 2 saturated heterocycles. The zero-order valence-electron chi connectivity index (χ0n) is 30.1. The van der Waals surface area contributed by atoms with Gasteiger partial charge in [-0.15, -0.1) is 0 Å². The van der Waals surface area contributed by atoms with Gasteiger partial charge in [-0.2, -0.15) is 0 Å². The molecule has 1 aromatic rings. The van der Waals surface area contributed by atoms with Crippen molar-refractivity contribution in [2.24, 2.45) is 11.3 Å². The summed E-state index contributed by atoms with van der Waals surface area (Å²) in [4.78, 5) is 60.4. The lowest BCUT2D eigenvalue weighted by molar-refractivity contribution is -0.142. The largest absolute Gasteiger partial charge is 0.394 e. The van der Waals surface area contributed by atoms with Gasteiger partial charge in [-0.05, 0) is 69.9 Å². The Bertz CT molecular complexity index is 1260. The van der Waals surface area contributed by atoms with Crippen molar-refractivity contribution in [2.45, 2.75) is 124 Å². The second-order valence-corrected chi connectivity index (χ2v) is 15.0. The van der Waals surface area contributed by atoms with Crippen molar-refractivity contribution >= 4 is 23.6 Å². The molecular weight excluding hydrogens is 594 g/mol. The Morgan fingerprint density at radius 2 is 1.55 bits per heavy atom. The smallest absolute Gasteiger partial charge is 0.249 e. The summed E-state index contributed by atoms with van der Waals surface area (Å²) in [6.07, 6.45) is 5.87. The molecule has 10 nitrogen and oxygen atoms in total. The van der Waals surface area contributed by atoms with Crippen LogP contribution in [0.5, 0.6) is 0 Å². The van der Waals surface area contributed by atoms with E-state index in [2.05, 4.69) is 29.4 Å². The number of carbonyl (C=O) groups excluding carboxylic acids is 4. The minimum absolute atomic E-state index is 0.0216. The maximum absolute atomic E-state index is 14.2. The van der Waals surface area contributed by atoms with Crippen LogP contribution in [0.15, 0.2) is 42.0 Å². The highest BCUT2D eigenvalue weighted by Crippen LogP contribution is 2.27. The Hall–Kier alpha value is -3.24. The monoisotopic (exact) mass is 653 g/mol. The molecule has 2 heterocycles. The molecule has 2 aliphatic rings. The van der Waals surface area contributed by atoms with E-state index in [1.165, 1.54) is 0 Å². The third-order valence-corrected chi connectivity index (χ3v) is 9.66. The number of carbonyl (C=O) groups is 4. The van der Waals surface area contributed by atoms with Crippen LogP contribution in [0, 0.1) is 11.3 Å². The molecule has 47 heavy (non-hydrogen) atoms. The van der Waals surface area contributed by atoms with E-state index >= 15 is 0 Å². The van der Waals surface area contributed by atoms with Gasteiger partial charge in [-0.25, -0.2) is 0 Å². The molecule has 0 unspecified atom stereocenters. The molecule has 0 aromatic heterocycles. The van der Waals surface area contributed by atoms with Crippen molar-refractivity contribution in [2.75, 3.05) is 26.7 Å². The molecule has 0 aliphatic carbocycles. The van der Waals surface area contributed by atoms with E-state index in [-0.39, 0.29) is 48.2 Å². The average Bonchev–Trinajstić information content (AvgIpc) is 3.53. The zero-order chi connectivity index (χ0) is 35.1. The number of hydrogen-bond acceptors (Lipinski definition) is 6. The Morgan fingerprint density at radius 3 is 2.13 bits per heavy atom. The first kappa shape index (κ1) is 38.2.